The predicted octanol–water partition coefficient (Wildman–Crippen LogP) is 4.92. The van der Waals surface area contributed by atoms with Crippen LogP contribution >= 0.6 is 22.9 Å². The summed E-state index contributed by atoms with van der Waals surface area (Å²) in [5, 5.41) is 21.2. The van der Waals surface area contributed by atoms with E-state index in [9.17, 15) is 15.4 Å². The Kier molecular flexibility index (Phi) is 4.06. The smallest absolute Gasteiger partial charge is 0.258 e. The minimum atomic E-state index is -0.462. The molecule has 0 bridgehead atoms. The van der Waals surface area contributed by atoms with E-state index in [2.05, 4.69) is 11.1 Å². The molecule has 7 heteroatoms. The number of fused-ring (bicyclic) bond motifs is 1. The summed E-state index contributed by atoms with van der Waals surface area (Å²) in [5.41, 5.74) is 1.85. The minimum Gasteiger partial charge on any atom is -0.258 e. The van der Waals surface area contributed by atoms with E-state index >= 15 is 0 Å². The molecule has 0 saturated heterocycles. The van der Waals surface area contributed by atoms with Gasteiger partial charge in [0.2, 0.25) is 0 Å². The summed E-state index contributed by atoms with van der Waals surface area (Å²) in [6.45, 7) is 0. The molecule has 112 valence electrons. The van der Waals surface area contributed by atoms with E-state index in [-0.39, 0.29) is 5.69 Å². The van der Waals surface area contributed by atoms with Gasteiger partial charge in [-0.05, 0) is 42.0 Å². The predicted molar refractivity (Wildman–Crippen MR) is 91.2 cm³/mol. The van der Waals surface area contributed by atoms with Crippen molar-refractivity contribution < 1.29 is 4.92 Å². The third kappa shape index (κ3) is 3.21. The van der Waals surface area contributed by atoms with Crippen molar-refractivity contribution in [3.8, 4) is 6.07 Å². The number of nitro groups is 1. The minimum absolute atomic E-state index is 0.00952. The SMILES string of the molecule is N#C/C(=C\c1ccc([N+](=O)[O-])cc1)c1nc2cc(Cl)ccc2s1. The van der Waals surface area contributed by atoms with Crippen LogP contribution in [0.5, 0.6) is 0 Å². The molecule has 5 nitrogen and oxygen atoms in total. The molecule has 0 spiro atoms. The standard InChI is InChI=1S/C16H8ClN3O2S/c17-12-3-6-15-14(8-12)19-16(23-15)11(9-18)7-10-1-4-13(5-2-10)20(21)22/h1-8H/b11-7+. The Labute approximate surface area is 140 Å². The topological polar surface area (TPSA) is 79.8 Å². The van der Waals surface area contributed by atoms with Crippen LogP contribution in [0.15, 0.2) is 42.5 Å². The van der Waals surface area contributed by atoms with E-state index < -0.39 is 4.92 Å². The van der Waals surface area contributed by atoms with Crippen molar-refractivity contribution in [2.45, 2.75) is 0 Å². The Morgan fingerprint density at radius 1 is 1.30 bits per heavy atom. The molecule has 0 aliphatic carbocycles. The van der Waals surface area contributed by atoms with Gasteiger partial charge in [0.25, 0.3) is 5.69 Å². The third-order valence-electron chi connectivity index (χ3n) is 3.12. The van der Waals surface area contributed by atoms with E-state index in [1.165, 1.54) is 23.5 Å². The highest BCUT2D eigenvalue weighted by Crippen LogP contribution is 2.30. The van der Waals surface area contributed by atoms with Crippen molar-refractivity contribution in [3.05, 3.63) is 68.2 Å². The first-order chi connectivity index (χ1) is 11.1. The van der Waals surface area contributed by atoms with Gasteiger partial charge in [0.05, 0.1) is 20.7 Å². The fourth-order valence-corrected chi connectivity index (χ4v) is 3.09. The first-order valence-electron chi connectivity index (χ1n) is 6.49. The molecule has 0 fully saturated rings. The van der Waals surface area contributed by atoms with Crippen LogP contribution in [0.4, 0.5) is 5.69 Å². The molecular weight excluding hydrogens is 334 g/mol. The summed E-state index contributed by atoms with van der Waals surface area (Å²) in [5.74, 6) is 0. The third-order valence-corrected chi connectivity index (χ3v) is 4.42. The zero-order chi connectivity index (χ0) is 16.4. The molecule has 0 atom stereocenters. The van der Waals surface area contributed by atoms with Crippen molar-refractivity contribution in [2.24, 2.45) is 0 Å². The van der Waals surface area contributed by atoms with Crippen LogP contribution < -0.4 is 0 Å². The second kappa shape index (κ2) is 6.16. The Bertz CT molecular complexity index is 971. The molecule has 3 rings (SSSR count). The fraction of sp³-hybridized carbons (Fsp3) is 0. The highest BCUT2D eigenvalue weighted by Gasteiger charge is 2.10. The molecule has 0 amide bonds. The molecule has 0 saturated carbocycles. The molecule has 0 radical (unpaired) electrons. The molecule has 1 aromatic heterocycles. The van der Waals surface area contributed by atoms with Gasteiger partial charge in [-0.1, -0.05) is 11.6 Å². The van der Waals surface area contributed by atoms with E-state index in [1.54, 1.807) is 30.3 Å². The number of benzene rings is 2. The van der Waals surface area contributed by atoms with Crippen molar-refractivity contribution in [3.63, 3.8) is 0 Å². The Morgan fingerprint density at radius 3 is 2.70 bits per heavy atom. The molecule has 0 aliphatic rings. The van der Waals surface area contributed by atoms with Crippen LogP contribution in [-0.2, 0) is 0 Å². The number of rotatable bonds is 3. The van der Waals surface area contributed by atoms with Crippen LogP contribution in [0.1, 0.15) is 10.6 Å². The van der Waals surface area contributed by atoms with E-state index in [4.69, 9.17) is 11.6 Å². The monoisotopic (exact) mass is 341 g/mol. The maximum Gasteiger partial charge on any atom is 0.269 e. The van der Waals surface area contributed by atoms with Crippen LogP contribution in [0, 0.1) is 21.4 Å². The highest BCUT2D eigenvalue weighted by atomic mass is 35.5. The lowest BCUT2D eigenvalue weighted by atomic mass is 10.1. The summed E-state index contributed by atoms with van der Waals surface area (Å²) in [6, 6.07) is 13.5. The zero-order valence-electron chi connectivity index (χ0n) is 11.6. The number of hydrogen-bond acceptors (Lipinski definition) is 5. The van der Waals surface area contributed by atoms with Gasteiger partial charge in [-0.2, -0.15) is 5.26 Å². The Balaban J connectivity index is 2.00. The zero-order valence-corrected chi connectivity index (χ0v) is 13.1. The summed E-state index contributed by atoms with van der Waals surface area (Å²) in [4.78, 5) is 14.6. The van der Waals surface area contributed by atoms with Gasteiger partial charge in [0, 0.05) is 17.2 Å². The van der Waals surface area contributed by atoms with Gasteiger partial charge < -0.3 is 0 Å². The van der Waals surface area contributed by atoms with Gasteiger partial charge >= 0.3 is 0 Å². The van der Waals surface area contributed by atoms with Crippen molar-refractivity contribution in [2.75, 3.05) is 0 Å². The Morgan fingerprint density at radius 2 is 2.04 bits per heavy atom. The number of nitro benzene ring substituents is 1. The lowest BCUT2D eigenvalue weighted by Gasteiger charge is -1.95. The number of hydrogen-bond donors (Lipinski definition) is 0. The average molecular weight is 342 g/mol. The largest absolute Gasteiger partial charge is 0.269 e. The van der Waals surface area contributed by atoms with Gasteiger partial charge in [0.15, 0.2) is 0 Å². The van der Waals surface area contributed by atoms with Crippen molar-refractivity contribution in [1.82, 2.24) is 4.98 Å². The second-order valence-electron chi connectivity index (χ2n) is 4.65. The highest BCUT2D eigenvalue weighted by molar-refractivity contribution is 7.19. The summed E-state index contributed by atoms with van der Waals surface area (Å²) < 4.78 is 0.939. The fourth-order valence-electron chi connectivity index (χ4n) is 2.02. The van der Waals surface area contributed by atoms with Crippen molar-refractivity contribution in [1.29, 1.82) is 5.26 Å². The maximum atomic E-state index is 10.7. The normalized spacial score (nSPS) is 11.4. The van der Waals surface area contributed by atoms with Crippen LogP contribution in [-0.4, -0.2) is 9.91 Å². The number of nitrogens with zero attached hydrogens (tertiary/aromatic N) is 3. The lowest BCUT2D eigenvalue weighted by molar-refractivity contribution is -0.384. The summed E-state index contributed by atoms with van der Waals surface area (Å²) in [7, 11) is 0. The van der Waals surface area contributed by atoms with E-state index in [1.807, 2.05) is 6.07 Å². The molecule has 0 aliphatic heterocycles. The van der Waals surface area contributed by atoms with Crippen LogP contribution in [0.25, 0.3) is 21.9 Å². The number of non-ortho nitro benzene ring substituents is 1. The van der Waals surface area contributed by atoms with E-state index in [0.717, 1.165) is 10.2 Å². The van der Waals surface area contributed by atoms with Gasteiger partial charge in [0.1, 0.15) is 11.1 Å². The molecule has 3 aromatic rings. The maximum absolute atomic E-state index is 10.7. The van der Waals surface area contributed by atoms with Crippen molar-refractivity contribution >= 4 is 50.5 Å². The summed E-state index contributed by atoms with van der Waals surface area (Å²) >= 11 is 7.34. The number of thiazole rings is 1. The molecule has 0 unspecified atom stereocenters. The summed E-state index contributed by atoms with van der Waals surface area (Å²) in [6.07, 6.45) is 1.66. The van der Waals surface area contributed by atoms with Gasteiger partial charge in [-0.3, -0.25) is 10.1 Å². The van der Waals surface area contributed by atoms with Crippen LogP contribution in [0.2, 0.25) is 5.02 Å². The Hall–Kier alpha value is -2.75. The molecule has 1 heterocycles. The average Bonchev–Trinajstić information content (AvgIpc) is 2.95. The molecule has 0 N–H and O–H groups in total. The molecule has 23 heavy (non-hydrogen) atoms. The number of nitriles is 1. The first-order valence-corrected chi connectivity index (χ1v) is 7.69. The number of allylic oxidation sites excluding steroid dienone is 1. The van der Waals surface area contributed by atoms with Crippen LogP contribution in [0.3, 0.4) is 0 Å². The van der Waals surface area contributed by atoms with Gasteiger partial charge in [-0.15, -0.1) is 11.3 Å². The van der Waals surface area contributed by atoms with Gasteiger partial charge in [-0.25, -0.2) is 4.98 Å². The second-order valence-corrected chi connectivity index (χ2v) is 6.12. The quantitative estimate of drug-likeness (QED) is 0.384. The molecular formula is C16H8ClN3O2S. The first kappa shape index (κ1) is 15.2. The number of aromatic nitrogens is 1. The van der Waals surface area contributed by atoms with E-state index in [0.29, 0.717) is 21.2 Å². The molecule has 2 aromatic carbocycles. The number of halogens is 1. The lowest BCUT2D eigenvalue weighted by Crippen LogP contribution is -1.87.